The first-order chi connectivity index (χ1) is 9.95. The Morgan fingerprint density at radius 2 is 1.57 bits per heavy atom. The van der Waals surface area contributed by atoms with Crippen LogP contribution in [0.25, 0.3) is 0 Å². The van der Waals surface area contributed by atoms with Crippen LogP contribution in [0.1, 0.15) is 30.6 Å². The van der Waals surface area contributed by atoms with E-state index < -0.39 is 29.7 Å². The Kier molecular flexibility index (Phi) is 5.98. The molecule has 0 saturated carbocycles. The van der Waals surface area contributed by atoms with Gasteiger partial charge >= 0.3 is 11.9 Å². The van der Waals surface area contributed by atoms with Crippen LogP contribution < -0.4 is 0 Å². The van der Waals surface area contributed by atoms with Gasteiger partial charge < -0.3 is 14.6 Å². The number of ether oxygens (including phenoxy) is 2. The summed E-state index contributed by atoms with van der Waals surface area (Å²) in [4.78, 5) is 39.5. The Bertz CT molecular complexity index is 495. The molecule has 0 bridgehead atoms. The van der Waals surface area contributed by atoms with Gasteiger partial charge in [-0.25, -0.2) is 9.59 Å². The van der Waals surface area contributed by atoms with Gasteiger partial charge in [0.15, 0.2) is 5.78 Å². The number of aliphatic hydroxyl groups is 1. The molecule has 0 aromatic carbocycles. The van der Waals surface area contributed by atoms with Crippen molar-refractivity contribution >= 4 is 17.7 Å². The number of aromatic nitrogens is 1. The summed E-state index contributed by atoms with van der Waals surface area (Å²) in [6.07, 6.45) is 2.02. The number of hydrogen-bond acceptors (Lipinski definition) is 7. The second-order valence-corrected chi connectivity index (χ2v) is 4.14. The number of esters is 2. The van der Waals surface area contributed by atoms with Crippen LogP contribution in [0.3, 0.4) is 0 Å². The molecule has 1 aromatic rings. The highest BCUT2D eigenvalue weighted by Gasteiger charge is 2.49. The van der Waals surface area contributed by atoms with Crippen molar-refractivity contribution in [2.75, 3.05) is 13.2 Å². The molecule has 0 fully saturated rings. The van der Waals surface area contributed by atoms with Crippen molar-refractivity contribution < 1.29 is 29.0 Å². The first-order valence-corrected chi connectivity index (χ1v) is 6.45. The molecule has 0 radical (unpaired) electrons. The van der Waals surface area contributed by atoms with Crippen molar-refractivity contribution in [3.8, 4) is 0 Å². The van der Waals surface area contributed by atoms with E-state index in [9.17, 15) is 19.5 Å². The minimum atomic E-state index is -2.65. The van der Waals surface area contributed by atoms with Crippen molar-refractivity contribution in [3.05, 3.63) is 30.1 Å². The van der Waals surface area contributed by atoms with Crippen LogP contribution in [0, 0.1) is 0 Å². The van der Waals surface area contributed by atoms with E-state index in [-0.39, 0.29) is 18.8 Å². The Morgan fingerprint density at radius 1 is 1.10 bits per heavy atom. The molecule has 1 aromatic heterocycles. The highest BCUT2D eigenvalue weighted by atomic mass is 16.6. The van der Waals surface area contributed by atoms with Gasteiger partial charge in [0.1, 0.15) is 0 Å². The third kappa shape index (κ3) is 4.09. The zero-order chi connectivity index (χ0) is 15.9. The molecule has 0 unspecified atom stereocenters. The summed E-state index contributed by atoms with van der Waals surface area (Å²) in [7, 11) is 0. The zero-order valence-electron chi connectivity index (χ0n) is 11.9. The number of nitrogens with zero attached hydrogens (tertiary/aromatic N) is 1. The number of pyridine rings is 1. The summed E-state index contributed by atoms with van der Waals surface area (Å²) in [5.74, 6) is -3.00. The predicted molar refractivity (Wildman–Crippen MR) is 71.4 cm³/mol. The predicted octanol–water partition coefficient (Wildman–Crippen LogP) is 0.512. The smallest absolute Gasteiger partial charge is 0.350 e. The molecular weight excluding hydrogens is 278 g/mol. The molecule has 0 saturated heterocycles. The molecule has 7 nitrogen and oxygen atoms in total. The van der Waals surface area contributed by atoms with E-state index >= 15 is 0 Å². The molecular formula is C14H17NO6. The SMILES string of the molecule is CCOC(=O)C(O)(CC(=O)c1ccncc1)C(=O)OCC. The van der Waals surface area contributed by atoms with Gasteiger partial charge in [-0.15, -0.1) is 0 Å². The lowest BCUT2D eigenvalue weighted by atomic mass is 9.94. The van der Waals surface area contributed by atoms with Crippen molar-refractivity contribution in [3.63, 3.8) is 0 Å². The molecule has 21 heavy (non-hydrogen) atoms. The highest BCUT2D eigenvalue weighted by Crippen LogP contribution is 2.19. The quantitative estimate of drug-likeness (QED) is 0.444. The van der Waals surface area contributed by atoms with Gasteiger partial charge in [-0.3, -0.25) is 9.78 Å². The maximum absolute atomic E-state index is 12.1. The van der Waals surface area contributed by atoms with Gasteiger partial charge in [-0.2, -0.15) is 0 Å². The third-order valence-electron chi connectivity index (χ3n) is 2.64. The fraction of sp³-hybridized carbons (Fsp3) is 0.429. The maximum Gasteiger partial charge on any atom is 0.350 e. The van der Waals surface area contributed by atoms with Crippen LogP contribution in [0.5, 0.6) is 0 Å². The lowest BCUT2D eigenvalue weighted by Gasteiger charge is -2.22. The van der Waals surface area contributed by atoms with Gasteiger partial charge in [0, 0.05) is 18.0 Å². The largest absolute Gasteiger partial charge is 0.463 e. The Labute approximate surface area is 121 Å². The summed E-state index contributed by atoms with van der Waals surface area (Å²) < 4.78 is 9.31. The van der Waals surface area contributed by atoms with E-state index in [1.807, 2.05) is 0 Å². The second-order valence-electron chi connectivity index (χ2n) is 4.14. The summed E-state index contributed by atoms with van der Waals surface area (Å²) in [5, 5.41) is 10.3. The summed E-state index contributed by atoms with van der Waals surface area (Å²) in [5.41, 5.74) is -2.43. The molecule has 1 heterocycles. The normalized spacial score (nSPS) is 10.8. The first-order valence-electron chi connectivity index (χ1n) is 6.45. The third-order valence-corrected chi connectivity index (χ3v) is 2.64. The van der Waals surface area contributed by atoms with Crippen LogP contribution in [0.15, 0.2) is 24.5 Å². The number of hydrogen-bond donors (Lipinski definition) is 1. The summed E-state index contributed by atoms with van der Waals surface area (Å²) in [6.45, 7) is 2.97. The molecule has 1 rings (SSSR count). The fourth-order valence-electron chi connectivity index (χ4n) is 1.60. The molecule has 0 aliphatic carbocycles. The van der Waals surface area contributed by atoms with Crippen molar-refractivity contribution in [1.29, 1.82) is 0 Å². The number of Topliss-reactive ketones (excluding diaryl/α,β-unsaturated/α-hetero) is 1. The number of carbonyl (C=O) groups excluding carboxylic acids is 3. The monoisotopic (exact) mass is 295 g/mol. The molecule has 0 aliphatic rings. The number of rotatable bonds is 7. The van der Waals surface area contributed by atoms with E-state index in [0.717, 1.165) is 0 Å². The lowest BCUT2D eigenvalue weighted by molar-refractivity contribution is -0.182. The van der Waals surface area contributed by atoms with Crippen molar-refractivity contribution in [2.24, 2.45) is 0 Å². The average Bonchev–Trinajstić information content (AvgIpc) is 2.48. The second kappa shape index (κ2) is 7.49. The van der Waals surface area contributed by atoms with Crippen molar-refractivity contribution in [2.45, 2.75) is 25.9 Å². The van der Waals surface area contributed by atoms with Gasteiger partial charge in [-0.1, -0.05) is 0 Å². The first kappa shape index (κ1) is 16.8. The molecule has 7 heteroatoms. The van der Waals surface area contributed by atoms with Crippen LogP contribution in [-0.4, -0.2) is 46.6 Å². The van der Waals surface area contributed by atoms with E-state index in [1.54, 1.807) is 0 Å². The highest BCUT2D eigenvalue weighted by molar-refractivity contribution is 6.10. The topological polar surface area (TPSA) is 103 Å². The van der Waals surface area contributed by atoms with Crippen LogP contribution >= 0.6 is 0 Å². The molecule has 114 valence electrons. The average molecular weight is 295 g/mol. The van der Waals surface area contributed by atoms with E-state index in [0.29, 0.717) is 0 Å². The zero-order valence-corrected chi connectivity index (χ0v) is 11.9. The Balaban J connectivity index is 2.99. The molecule has 0 spiro atoms. The van der Waals surface area contributed by atoms with E-state index in [4.69, 9.17) is 0 Å². The minimum absolute atomic E-state index is 0.0377. The Morgan fingerprint density at radius 3 is 2.00 bits per heavy atom. The molecule has 0 aliphatic heterocycles. The minimum Gasteiger partial charge on any atom is -0.463 e. The number of carbonyl (C=O) groups is 3. The van der Waals surface area contributed by atoms with Gasteiger partial charge in [0.25, 0.3) is 5.60 Å². The van der Waals surface area contributed by atoms with E-state index in [1.165, 1.54) is 38.4 Å². The molecule has 1 N–H and O–H groups in total. The standard InChI is InChI=1S/C14H17NO6/c1-3-20-12(17)14(19,13(18)21-4-2)9-11(16)10-5-7-15-8-6-10/h5-8,19H,3-4,9H2,1-2H3. The number of ketones is 1. The fourth-order valence-corrected chi connectivity index (χ4v) is 1.60. The maximum atomic E-state index is 12.1. The van der Waals surface area contributed by atoms with Gasteiger partial charge in [0.05, 0.1) is 19.6 Å². The van der Waals surface area contributed by atoms with Crippen LogP contribution in [-0.2, 0) is 19.1 Å². The van der Waals surface area contributed by atoms with E-state index in [2.05, 4.69) is 14.5 Å². The van der Waals surface area contributed by atoms with Crippen LogP contribution in [0.2, 0.25) is 0 Å². The van der Waals surface area contributed by atoms with Gasteiger partial charge in [0.2, 0.25) is 0 Å². The Hall–Kier alpha value is -2.28. The summed E-state index contributed by atoms with van der Waals surface area (Å²) >= 11 is 0. The molecule has 0 amide bonds. The van der Waals surface area contributed by atoms with Crippen molar-refractivity contribution in [1.82, 2.24) is 4.98 Å². The van der Waals surface area contributed by atoms with Gasteiger partial charge in [-0.05, 0) is 26.0 Å². The summed E-state index contributed by atoms with van der Waals surface area (Å²) in [6, 6.07) is 2.83. The lowest BCUT2D eigenvalue weighted by Crippen LogP contribution is -2.50. The van der Waals surface area contributed by atoms with Crippen LogP contribution in [0.4, 0.5) is 0 Å². The molecule has 0 atom stereocenters.